The molecule has 0 bridgehead atoms. The molecule has 1 aliphatic rings. The van der Waals surface area contributed by atoms with Crippen LogP contribution in [-0.2, 0) is 4.74 Å². The van der Waals surface area contributed by atoms with Crippen LogP contribution in [-0.4, -0.2) is 23.9 Å². The Balaban J connectivity index is 2.09. The predicted octanol–water partition coefficient (Wildman–Crippen LogP) is 0.725. The number of nitrogens with one attached hydrogen (secondary N) is 3. The highest BCUT2D eigenvalue weighted by atomic mass is 16.6. The Labute approximate surface area is 84.5 Å². The molecule has 1 amide bonds. The lowest BCUT2D eigenvalue weighted by Gasteiger charge is -2.19. The highest BCUT2D eigenvalue weighted by Gasteiger charge is 2.35. The first kappa shape index (κ1) is 11.3. The molecule has 0 unspecified atom stereocenters. The first-order chi connectivity index (χ1) is 6.31. The van der Waals surface area contributed by atoms with Gasteiger partial charge in [-0.25, -0.2) is 15.6 Å². The van der Waals surface area contributed by atoms with Crippen LogP contribution in [0.15, 0.2) is 0 Å². The van der Waals surface area contributed by atoms with Crippen LogP contribution in [0.4, 0.5) is 4.79 Å². The van der Waals surface area contributed by atoms with E-state index >= 15 is 0 Å². The number of carbonyl (C=O) groups excluding carboxylic acids is 1. The van der Waals surface area contributed by atoms with Crippen LogP contribution < -0.4 is 16.2 Å². The molecule has 14 heavy (non-hydrogen) atoms. The van der Waals surface area contributed by atoms with E-state index in [2.05, 4.69) is 16.2 Å². The maximum atomic E-state index is 11.2. The number of hydrazine groups is 1. The van der Waals surface area contributed by atoms with E-state index in [0.29, 0.717) is 6.54 Å². The lowest BCUT2D eigenvalue weighted by Crippen LogP contribution is -2.34. The number of rotatable bonds is 3. The summed E-state index contributed by atoms with van der Waals surface area (Å²) in [6.45, 7) is 8.17. The normalized spacial score (nSPS) is 18.9. The Morgan fingerprint density at radius 1 is 1.43 bits per heavy atom. The first-order valence-electron chi connectivity index (χ1n) is 4.82. The molecule has 5 nitrogen and oxygen atoms in total. The zero-order chi connectivity index (χ0) is 10.8. The van der Waals surface area contributed by atoms with Gasteiger partial charge in [-0.15, -0.1) is 0 Å². The molecule has 1 rings (SSSR count). The fourth-order valence-corrected chi connectivity index (χ4v) is 0.960. The van der Waals surface area contributed by atoms with Crippen LogP contribution in [0.2, 0.25) is 0 Å². The van der Waals surface area contributed by atoms with Crippen molar-refractivity contribution in [1.82, 2.24) is 16.2 Å². The second-order valence-electron chi connectivity index (χ2n) is 4.76. The van der Waals surface area contributed by atoms with Crippen molar-refractivity contribution in [2.45, 2.75) is 45.4 Å². The fourth-order valence-electron chi connectivity index (χ4n) is 0.960. The molecule has 0 aromatic heterocycles. The van der Waals surface area contributed by atoms with Crippen LogP contribution >= 0.6 is 0 Å². The average Bonchev–Trinajstić information content (AvgIpc) is 2.64. The van der Waals surface area contributed by atoms with Crippen molar-refractivity contribution in [2.24, 2.45) is 0 Å². The summed E-state index contributed by atoms with van der Waals surface area (Å²) in [5.74, 6) is 0. The van der Waals surface area contributed by atoms with E-state index in [1.165, 1.54) is 0 Å². The Hall–Kier alpha value is -0.810. The third kappa shape index (κ3) is 4.43. The van der Waals surface area contributed by atoms with E-state index in [9.17, 15) is 4.79 Å². The third-order valence-corrected chi connectivity index (χ3v) is 1.84. The van der Waals surface area contributed by atoms with Gasteiger partial charge in [-0.1, -0.05) is 0 Å². The van der Waals surface area contributed by atoms with Crippen LogP contribution in [0.25, 0.3) is 0 Å². The Morgan fingerprint density at radius 3 is 2.43 bits per heavy atom. The van der Waals surface area contributed by atoms with Gasteiger partial charge in [-0.2, -0.15) is 0 Å². The molecular formula is C9H19N3O2. The zero-order valence-corrected chi connectivity index (χ0v) is 9.23. The number of amides is 1. The maximum absolute atomic E-state index is 11.2. The van der Waals surface area contributed by atoms with Gasteiger partial charge in [-0.3, -0.25) is 0 Å². The average molecular weight is 201 g/mol. The lowest BCUT2D eigenvalue weighted by molar-refractivity contribution is 0.0526. The summed E-state index contributed by atoms with van der Waals surface area (Å²) in [7, 11) is 0. The van der Waals surface area contributed by atoms with Crippen molar-refractivity contribution in [3.05, 3.63) is 0 Å². The van der Waals surface area contributed by atoms with Gasteiger partial charge >= 0.3 is 6.09 Å². The number of ether oxygens (including phenoxy) is 1. The molecule has 0 spiro atoms. The van der Waals surface area contributed by atoms with Gasteiger partial charge in [0.1, 0.15) is 5.60 Å². The summed E-state index contributed by atoms with van der Waals surface area (Å²) in [5.41, 5.74) is 5.55. The summed E-state index contributed by atoms with van der Waals surface area (Å²) in [6, 6.07) is 0. The van der Waals surface area contributed by atoms with E-state index < -0.39 is 5.60 Å². The van der Waals surface area contributed by atoms with Crippen molar-refractivity contribution >= 4 is 6.09 Å². The molecule has 0 aliphatic carbocycles. The second-order valence-corrected chi connectivity index (χ2v) is 4.76. The van der Waals surface area contributed by atoms with Gasteiger partial charge in [0.05, 0.1) is 5.66 Å². The van der Waals surface area contributed by atoms with E-state index in [1.807, 2.05) is 27.7 Å². The zero-order valence-electron chi connectivity index (χ0n) is 9.23. The van der Waals surface area contributed by atoms with Crippen molar-refractivity contribution < 1.29 is 9.53 Å². The molecule has 5 heteroatoms. The monoisotopic (exact) mass is 201 g/mol. The molecule has 0 atom stereocenters. The molecule has 3 N–H and O–H groups in total. The molecule has 0 aromatic carbocycles. The topological polar surface area (TPSA) is 82.2 Å². The highest BCUT2D eigenvalue weighted by molar-refractivity contribution is 5.67. The molecule has 0 saturated carbocycles. The van der Waals surface area contributed by atoms with Gasteiger partial charge in [0, 0.05) is 6.54 Å². The van der Waals surface area contributed by atoms with Gasteiger partial charge < -0.3 is 10.1 Å². The first-order valence-corrected chi connectivity index (χ1v) is 4.82. The van der Waals surface area contributed by atoms with Crippen molar-refractivity contribution in [3.63, 3.8) is 0 Å². The standard InChI is InChI=1S/C9H19N3O2/c1-8(2,3)14-7(13)10-6-5-9(4)11-12-9/h11-12H,5-6H2,1-4H3,(H,10,13). The summed E-state index contributed by atoms with van der Waals surface area (Å²) in [6.07, 6.45) is 0.480. The Bertz CT molecular complexity index is 219. The summed E-state index contributed by atoms with van der Waals surface area (Å²) in [5, 5.41) is 2.69. The number of hydrogen-bond donors (Lipinski definition) is 3. The van der Waals surface area contributed by atoms with Crippen LogP contribution in [0, 0.1) is 0 Å². The van der Waals surface area contributed by atoms with E-state index in [4.69, 9.17) is 4.74 Å². The third-order valence-electron chi connectivity index (χ3n) is 1.84. The quantitative estimate of drug-likeness (QED) is 0.588. The molecule has 1 fully saturated rings. The number of hydrogen-bond acceptors (Lipinski definition) is 4. The number of alkyl carbamates (subject to hydrolysis) is 1. The minimum Gasteiger partial charge on any atom is -0.444 e. The predicted molar refractivity (Wildman–Crippen MR) is 53.5 cm³/mol. The van der Waals surface area contributed by atoms with Gasteiger partial charge in [0.25, 0.3) is 0 Å². The summed E-state index contributed by atoms with van der Waals surface area (Å²) < 4.78 is 5.08. The highest BCUT2D eigenvalue weighted by Crippen LogP contribution is 2.12. The summed E-state index contributed by atoms with van der Waals surface area (Å²) >= 11 is 0. The van der Waals surface area contributed by atoms with Gasteiger partial charge in [0.15, 0.2) is 0 Å². The summed E-state index contributed by atoms with van der Waals surface area (Å²) in [4.78, 5) is 11.2. The molecule has 0 radical (unpaired) electrons. The van der Waals surface area contributed by atoms with E-state index in [1.54, 1.807) is 0 Å². The minimum atomic E-state index is -0.427. The second kappa shape index (κ2) is 3.74. The van der Waals surface area contributed by atoms with Crippen molar-refractivity contribution in [2.75, 3.05) is 6.54 Å². The van der Waals surface area contributed by atoms with Gasteiger partial charge in [0.2, 0.25) is 0 Å². The molecule has 82 valence electrons. The fraction of sp³-hybridized carbons (Fsp3) is 0.889. The maximum Gasteiger partial charge on any atom is 0.407 e. The molecule has 1 saturated heterocycles. The Morgan fingerprint density at radius 2 is 2.00 bits per heavy atom. The minimum absolute atomic E-state index is 0.00495. The van der Waals surface area contributed by atoms with Crippen LogP contribution in [0.1, 0.15) is 34.1 Å². The van der Waals surface area contributed by atoms with E-state index in [-0.39, 0.29) is 11.8 Å². The Kier molecular flexibility index (Phi) is 3.01. The smallest absolute Gasteiger partial charge is 0.407 e. The van der Waals surface area contributed by atoms with E-state index in [0.717, 1.165) is 6.42 Å². The lowest BCUT2D eigenvalue weighted by atomic mass is 10.2. The van der Waals surface area contributed by atoms with Gasteiger partial charge in [-0.05, 0) is 34.1 Å². The van der Waals surface area contributed by atoms with Crippen molar-refractivity contribution in [3.8, 4) is 0 Å². The molecule has 1 aliphatic heterocycles. The largest absolute Gasteiger partial charge is 0.444 e. The number of carbonyl (C=O) groups is 1. The van der Waals surface area contributed by atoms with Crippen LogP contribution in [0.3, 0.4) is 0 Å². The van der Waals surface area contributed by atoms with Crippen molar-refractivity contribution in [1.29, 1.82) is 0 Å². The molecule has 1 heterocycles. The van der Waals surface area contributed by atoms with Crippen LogP contribution in [0.5, 0.6) is 0 Å². The SMILES string of the molecule is CC1(CCNC(=O)OC(C)(C)C)NN1. The molecule has 0 aromatic rings. The molecular weight excluding hydrogens is 182 g/mol.